The number of hydrogen-bond donors (Lipinski definition) is 1. The van der Waals surface area contributed by atoms with E-state index in [9.17, 15) is 4.79 Å². The van der Waals surface area contributed by atoms with Crippen molar-refractivity contribution in [1.29, 1.82) is 0 Å². The van der Waals surface area contributed by atoms with Crippen molar-refractivity contribution in [3.63, 3.8) is 0 Å². The van der Waals surface area contributed by atoms with Crippen LogP contribution < -0.4 is 5.73 Å². The zero-order valence-electron chi connectivity index (χ0n) is 8.70. The first-order valence-corrected chi connectivity index (χ1v) is 4.50. The molecule has 3 heteroatoms. The second-order valence-electron chi connectivity index (χ2n) is 3.35. The predicted molar refractivity (Wildman–Crippen MR) is 55.1 cm³/mol. The van der Waals surface area contributed by atoms with Crippen molar-refractivity contribution in [3.05, 3.63) is 34.9 Å². The number of esters is 1. The Kier molecular flexibility index (Phi) is 3.25. The topological polar surface area (TPSA) is 52.3 Å². The zero-order chi connectivity index (χ0) is 10.7. The maximum absolute atomic E-state index is 11.2. The van der Waals surface area contributed by atoms with E-state index in [2.05, 4.69) is 4.74 Å². The van der Waals surface area contributed by atoms with Gasteiger partial charge in [-0.3, -0.25) is 0 Å². The molecule has 0 aliphatic rings. The molecule has 0 aliphatic carbocycles. The molecule has 0 aliphatic heterocycles. The van der Waals surface area contributed by atoms with Crippen LogP contribution in [0.2, 0.25) is 0 Å². The molecule has 1 atom stereocenters. The summed E-state index contributed by atoms with van der Waals surface area (Å²) in [6.45, 7) is 3.86. The van der Waals surface area contributed by atoms with Crippen LogP contribution in [0.3, 0.4) is 0 Å². The summed E-state index contributed by atoms with van der Waals surface area (Å²) in [5, 5.41) is 0. The van der Waals surface area contributed by atoms with Crippen molar-refractivity contribution in [1.82, 2.24) is 0 Å². The highest BCUT2D eigenvalue weighted by atomic mass is 16.5. The van der Waals surface area contributed by atoms with Crippen LogP contribution in [0.25, 0.3) is 0 Å². The minimum atomic E-state index is -0.327. The molecule has 0 saturated heterocycles. The predicted octanol–water partition coefficient (Wildman–Crippen LogP) is 1.80. The summed E-state index contributed by atoms with van der Waals surface area (Å²) < 4.78 is 4.63. The van der Waals surface area contributed by atoms with E-state index in [1.165, 1.54) is 7.11 Å². The molecule has 2 N–H and O–H groups in total. The molecule has 0 spiro atoms. The average Bonchev–Trinajstić information content (AvgIpc) is 2.17. The average molecular weight is 193 g/mol. The number of nitrogens with two attached hydrogens (primary N) is 1. The fraction of sp³-hybridized carbons (Fsp3) is 0.364. The van der Waals surface area contributed by atoms with Crippen molar-refractivity contribution in [2.24, 2.45) is 5.73 Å². The second-order valence-corrected chi connectivity index (χ2v) is 3.35. The molecule has 0 radical (unpaired) electrons. The van der Waals surface area contributed by atoms with Crippen LogP contribution in [-0.2, 0) is 4.74 Å². The van der Waals surface area contributed by atoms with E-state index < -0.39 is 0 Å². The van der Waals surface area contributed by atoms with Gasteiger partial charge in [0, 0.05) is 6.04 Å². The van der Waals surface area contributed by atoms with Gasteiger partial charge >= 0.3 is 5.97 Å². The number of carbonyl (C=O) groups is 1. The third-order valence-electron chi connectivity index (χ3n) is 2.19. The van der Waals surface area contributed by atoms with Gasteiger partial charge in [0.25, 0.3) is 0 Å². The monoisotopic (exact) mass is 193 g/mol. The lowest BCUT2D eigenvalue weighted by Crippen LogP contribution is -2.09. The van der Waals surface area contributed by atoms with E-state index in [1.54, 1.807) is 12.1 Å². The first-order valence-electron chi connectivity index (χ1n) is 4.50. The number of ether oxygens (including phenoxy) is 1. The summed E-state index contributed by atoms with van der Waals surface area (Å²) in [5.41, 5.74) is 8.39. The molecular weight excluding hydrogens is 178 g/mol. The maximum Gasteiger partial charge on any atom is 0.337 e. The first-order chi connectivity index (χ1) is 6.56. The molecular formula is C11H15NO2. The number of rotatable bonds is 2. The smallest absolute Gasteiger partial charge is 0.337 e. The Balaban J connectivity index is 3.13. The molecule has 1 rings (SSSR count). The van der Waals surface area contributed by atoms with Crippen molar-refractivity contribution in [2.75, 3.05) is 7.11 Å². The van der Waals surface area contributed by atoms with E-state index in [1.807, 2.05) is 19.9 Å². The van der Waals surface area contributed by atoms with Crippen LogP contribution in [0.4, 0.5) is 0 Å². The van der Waals surface area contributed by atoms with Gasteiger partial charge in [-0.25, -0.2) is 4.79 Å². The lowest BCUT2D eigenvalue weighted by atomic mass is 10.0. The van der Waals surface area contributed by atoms with Gasteiger partial charge in [0.15, 0.2) is 0 Å². The minimum absolute atomic E-state index is 0.0698. The van der Waals surface area contributed by atoms with Gasteiger partial charge in [0.2, 0.25) is 0 Å². The highest BCUT2D eigenvalue weighted by Gasteiger charge is 2.09. The van der Waals surface area contributed by atoms with Gasteiger partial charge in [0.05, 0.1) is 12.7 Å². The zero-order valence-corrected chi connectivity index (χ0v) is 8.70. The maximum atomic E-state index is 11.2. The Bertz CT molecular complexity index is 345. The standard InChI is InChI=1S/C11H15NO2/c1-7-4-5-9(11(13)14-3)6-10(7)8(2)12/h4-6,8H,12H2,1-3H3/t8-/m0/s1. The molecule has 0 fully saturated rings. The van der Waals surface area contributed by atoms with Crippen LogP contribution in [0, 0.1) is 6.92 Å². The van der Waals surface area contributed by atoms with Crippen LogP contribution in [0.5, 0.6) is 0 Å². The van der Waals surface area contributed by atoms with Crippen LogP contribution in [0.1, 0.15) is 34.5 Å². The minimum Gasteiger partial charge on any atom is -0.465 e. The Labute approximate surface area is 83.9 Å². The lowest BCUT2D eigenvalue weighted by molar-refractivity contribution is 0.0600. The van der Waals surface area contributed by atoms with Gasteiger partial charge in [-0.15, -0.1) is 0 Å². The third kappa shape index (κ3) is 2.12. The Morgan fingerprint density at radius 1 is 1.50 bits per heavy atom. The molecule has 0 unspecified atom stereocenters. The van der Waals surface area contributed by atoms with Crippen LogP contribution >= 0.6 is 0 Å². The van der Waals surface area contributed by atoms with Gasteiger partial charge in [-0.05, 0) is 37.1 Å². The first kappa shape index (κ1) is 10.7. The third-order valence-corrected chi connectivity index (χ3v) is 2.19. The summed E-state index contributed by atoms with van der Waals surface area (Å²) in [6.07, 6.45) is 0. The van der Waals surface area contributed by atoms with Crippen LogP contribution in [0.15, 0.2) is 18.2 Å². The number of methoxy groups -OCH3 is 1. The SMILES string of the molecule is COC(=O)c1ccc(C)c([C@H](C)N)c1. The van der Waals surface area contributed by atoms with Crippen molar-refractivity contribution in [3.8, 4) is 0 Å². The molecule has 0 aromatic heterocycles. The quantitative estimate of drug-likeness (QED) is 0.729. The number of aryl methyl sites for hydroxylation is 1. The molecule has 76 valence electrons. The van der Waals surface area contributed by atoms with Gasteiger partial charge in [-0.1, -0.05) is 6.07 Å². The number of benzene rings is 1. The summed E-state index contributed by atoms with van der Waals surface area (Å²) in [7, 11) is 1.37. The van der Waals surface area contributed by atoms with Crippen molar-refractivity contribution >= 4 is 5.97 Å². The molecule has 14 heavy (non-hydrogen) atoms. The molecule has 1 aromatic carbocycles. The summed E-state index contributed by atoms with van der Waals surface area (Å²) in [5.74, 6) is -0.327. The molecule has 1 aromatic rings. The summed E-state index contributed by atoms with van der Waals surface area (Å²) >= 11 is 0. The number of carbonyl (C=O) groups excluding carboxylic acids is 1. The Morgan fingerprint density at radius 3 is 2.64 bits per heavy atom. The highest BCUT2D eigenvalue weighted by Crippen LogP contribution is 2.17. The molecule has 3 nitrogen and oxygen atoms in total. The van der Waals surface area contributed by atoms with Gasteiger partial charge in [0.1, 0.15) is 0 Å². The van der Waals surface area contributed by atoms with E-state index in [-0.39, 0.29) is 12.0 Å². The van der Waals surface area contributed by atoms with Gasteiger partial charge < -0.3 is 10.5 Å². The van der Waals surface area contributed by atoms with E-state index in [4.69, 9.17) is 5.73 Å². The fourth-order valence-electron chi connectivity index (χ4n) is 1.38. The normalized spacial score (nSPS) is 12.3. The molecule has 0 bridgehead atoms. The molecule has 0 heterocycles. The molecule has 0 saturated carbocycles. The van der Waals surface area contributed by atoms with Crippen molar-refractivity contribution in [2.45, 2.75) is 19.9 Å². The van der Waals surface area contributed by atoms with Crippen LogP contribution in [-0.4, -0.2) is 13.1 Å². The van der Waals surface area contributed by atoms with E-state index in [0.717, 1.165) is 11.1 Å². The second kappa shape index (κ2) is 4.24. The van der Waals surface area contributed by atoms with Crippen molar-refractivity contribution < 1.29 is 9.53 Å². The van der Waals surface area contributed by atoms with Gasteiger partial charge in [-0.2, -0.15) is 0 Å². The number of hydrogen-bond acceptors (Lipinski definition) is 3. The lowest BCUT2D eigenvalue weighted by Gasteiger charge is -2.10. The fourth-order valence-corrected chi connectivity index (χ4v) is 1.38. The highest BCUT2D eigenvalue weighted by molar-refractivity contribution is 5.89. The Hall–Kier alpha value is -1.35. The van der Waals surface area contributed by atoms with E-state index in [0.29, 0.717) is 5.56 Å². The largest absolute Gasteiger partial charge is 0.465 e. The Morgan fingerprint density at radius 2 is 2.14 bits per heavy atom. The summed E-state index contributed by atoms with van der Waals surface area (Å²) in [6, 6.07) is 5.34. The molecule has 0 amide bonds. The van der Waals surface area contributed by atoms with E-state index >= 15 is 0 Å². The summed E-state index contributed by atoms with van der Waals surface area (Å²) in [4.78, 5) is 11.2.